The van der Waals surface area contributed by atoms with Crippen LogP contribution in [0.5, 0.6) is 0 Å². The van der Waals surface area contributed by atoms with E-state index in [2.05, 4.69) is 27.2 Å². The van der Waals surface area contributed by atoms with Crippen molar-refractivity contribution in [2.45, 2.75) is 13.3 Å². The summed E-state index contributed by atoms with van der Waals surface area (Å²) in [5.41, 5.74) is 0. The second-order valence-electron chi connectivity index (χ2n) is 4.42. The largest absolute Gasteiger partial charge is 0.370 e. The van der Waals surface area contributed by atoms with Gasteiger partial charge in [-0.25, -0.2) is 9.97 Å². The van der Waals surface area contributed by atoms with Crippen LogP contribution in [0.3, 0.4) is 0 Å². The van der Waals surface area contributed by atoms with Crippen molar-refractivity contribution in [2.75, 3.05) is 32.0 Å². The number of anilines is 1. The number of nitrogens with one attached hydrogen (secondary N) is 1. The highest BCUT2D eigenvalue weighted by molar-refractivity contribution is 6.29. The first-order valence-corrected chi connectivity index (χ1v) is 5.95. The molecule has 5 heteroatoms. The molecule has 1 aliphatic heterocycles. The molecule has 0 saturated carbocycles. The Balaban J connectivity index is 1.89. The third kappa shape index (κ3) is 3.06. The number of aromatic nitrogens is 2. The zero-order valence-electron chi connectivity index (χ0n) is 9.70. The van der Waals surface area contributed by atoms with Gasteiger partial charge in [0.15, 0.2) is 0 Å². The smallest absolute Gasteiger partial charge is 0.134 e. The lowest BCUT2D eigenvalue weighted by Gasteiger charge is -2.12. The number of aryl methyl sites for hydroxylation is 1. The molecule has 0 aromatic carbocycles. The highest BCUT2D eigenvalue weighted by atomic mass is 35.5. The maximum atomic E-state index is 5.87. The molecular formula is C11H17ClN4. The number of hydrogen-bond acceptors (Lipinski definition) is 4. The average Bonchev–Trinajstić information content (AvgIpc) is 2.60. The first-order valence-electron chi connectivity index (χ1n) is 5.57. The van der Waals surface area contributed by atoms with Gasteiger partial charge in [0.2, 0.25) is 0 Å². The molecule has 2 heterocycles. The fraction of sp³-hybridized carbons (Fsp3) is 0.636. The molecule has 1 unspecified atom stereocenters. The van der Waals surface area contributed by atoms with E-state index in [1.807, 2.05) is 6.92 Å². The van der Waals surface area contributed by atoms with E-state index in [0.717, 1.165) is 18.9 Å². The molecule has 0 radical (unpaired) electrons. The summed E-state index contributed by atoms with van der Waals surface area (Å²) in [6, 6.07) is 1.77. The predicted octanol–water partition coefficient (Wildman–Crippen LogP) is 1.80. The second-order valence-corrected chi connectivity index (χ2v) is 4.81. The summed E-state index contributed by atoms with van der Waals surface area (Å²) in [5, 5.41) is 3.83. The normalized spacial score (nSPS) is 21.3. The highest BCUT2D eigenvalue weighted by Crippen LogP contribution is 2.16. The third-order valence-electron chi connectivity index (χ3n) is 2.87. The van der Waals surface area contributed by atoms with E-state index >= 15 is 0 Å². The number of hydrogen-bond donors (Lipinski definition) is 1. The van der Waals surface area contributed by atoms with Gasteiger partial charge in [-0.2, -0.15) is 0 Å². The molecule has 0 amide bonds. The zero-order valence-corrected chi connectivity index (χ0v) is 10.5. The Bertz CT molecular complexity index is 349. The first kappa shape index (κ1) is 11.6. The Morgan fingerprint density at radius 2 is 2.38 bits per heavy atom. The van der Waals surface area contributed by atoms with E-state index in [9.17, 15) is 0 Å². The lowest BCUT2D eigenvalue weighted by atomic mass is 10.1. The highest BCUT2D eigenvalue weighted by Gasteiger charge is 2.18. The number of rotatable bonds is 3. The maximum Gasteiger partial charge on any atom is 0.134 e. The quantitative estimate of drug-likeness (QED) is 0.819. The lowest BCUT2D eigenvalue weighted by Crippen LogP contribution is -2.19. The van der Waals surface area contributed by atoms with Crippen molar-refractivity contribution < 1.29 is 0 Å². The van der Waals surface area contributed by atoms with Gasteiger partial charge in [0.05, 0.1) is 0 Å². The molecule has 1 N–H and O–H groups in total. The van der Waals surface area contributed by atoms with Crippen molar-refractivity contribution >= 4 is 17.4 Å². The van der Waals surface area contributed by atoms with Crippen molar-refractivity contribution in [3.63, 3.8) is 0 Å². The van der Waals surface area contributed by atoms with Crippen LogP contribution in [0.2, 0.25) is 5.15 Å². The molecular weight excluding hydrogens is 224 g/mol. The summed E-state index contributed by atoms with van der Waals surface area (Å²) < 4.78 is 0. The number of halogens is 1. The van der Waals surface area contributed by atoms with Gasteiger partial charge >= 0.3 is 0 Å². The minimum Gasteiger partial charge on any atom is -0.370 e. The van der Waals surface area contributed by atoms with Gasteiger partial charge < -0.3 is 10.2 Å². The molecule has 1 aromatic rings. The first-order chi connectivity index (χ1) is 7.63. The summed E-state index contributed by atoms with van der Waals surface area (Å²) in [7, 11) is 2.16. The van der Waals surface area contributed by atoms with Gasteiger partial charge in [0.25, 0.3) is 0 Å². The summed E-state index contributed by atoms with van der Waals surface area (Å²) >= 11 is 5.87. The van der Waals surface area contributed by atoms with E-state index in [1.165, 1.54) is 13.0 Å². The molecule has 1 fully saturated rings. The minimum absolute atomic E-state index is 0.499. The fourth-order valence-electron chi connectivity index (χ4n) is 2.06. The van der Waals surface area contributed by atoms with Crippen LogP contribution < -0.4 is 5.32 Å². The van der Waals surface area contributed by atoms with Crippen molar-refractivity contribution in [1.29, 1.82) is 0 Å². The van der Waals surface area contributed by atoms with Gasteiger partial charge in [-0.15, -0.1) is 0 Å². The van der Waals surface area contributed by atoms with Crippen LogP contribution in [-0.4, -0.2) is 41.5 Å². The van der Waals surface area contributed by atoms with Gasteiger partial charge in [0.1, 0.15) is 16.8 Å². The summed E-state index contributed by atoms with van der Waals surface area (Å²) in [6.07, 6.45) is 1.25. The molecule has 1 atom stereocenters. The van der Waals surface area contributed by atoms with Crippen molar-refractivity contribution in [3.8, 4) is 0 Å². The molecule has 0 spiro atoms. The zero-order chi connectivity index (χ0) is 11.5. The van der Waals surface area contributed by atoms with Crippen LogP contribution in [-0.2, 0) is 0 Å². The van der Waals surface area contributed by atoms with E-state index in [-0.39, 0.29) is 0 Å². The van der Waals surface area contributed by atoms with Gasteiger partial charge in [-0.05, 0) is 32.9 Å². The lowest BCUT2D eigenvalue weighted by molar-refractivity contribution is 0.399. The topological polar surface area (TPSA) is 41.1 Å². The maximum absolute atomic E-state index is 5.87. The number of nitrogens with zero attached hydrogens (tertiary/aromatic N) is 3. The molecule has 0 aliphatic carbocycles. The monoisotopic (exact) mass is 240 g/mol. The summed E-state index contributed by atoms with van der Waals surface area (Å²) in [4.78, 5) is 10.7. The molecule has 1 aliphatic rings. The van der Waals surface area contributed by atoms with Crippen LogP contribution in [0, 0.1) is 12.8 Å². The standard InChI is InChI=1S/C11H17ClN4/c1-8-14-10(12)5-11(15-8)13-6-9-3-4-16(2)7-9/h5,9H,3-4,6-7H2,1-2H3,(H,13,14,15). The van der Waals surface area contributed by atoms with Gasteiger partial charge in [-0.1, -0.05) is 11.6 Å². The van der Waals surface area contributed by atoms with E-state index in [1.54, 1.807) is 6.07 Å². The Morgan fingerprint density at radius 1 is 1.56 bits per heavy atom. The molecule has 1 saturated heterocycles. The van der Waals surface area contributed by atoms with Crippen molar-refractivity contribution in [1.82, 2.24) is 14.9 Å². The second kappa shape index (κ2) is 4.97. The van der Waals surface area contributed by atoms with Crippen LogP contribution in [0.25, 0.3) is 0 Å². The Morgan fingerprint density at radius 3 is 3.00 bits per heavy atom. The minimum atomic E-state index is 0.499. The third-order valence-corrected chi connectivity index (χ3v) is 3.06. The van der Waals surface area contributed by atoms with Gasteiger partial charge in [0, 0.05) is 19.2 Å². The van der Waals surface area contributed by atoms with Crippen molar-refractivity contribution in [2.24, 2.45) is 5.92 Å². The van der Waals surface area contributed by atoms with E-state index in [0.29, 0.717) is 16.9 Å². The molecule has 2 rings (SSSR count). The Hall–Kier alpha value is -0.870. The van der Waals surface area contributed by atoms with Crippen LogP contribution in [0.15, 0.2) is 6.07 Å². The van der Waals surface area contributed by atoms with E-state index in [4.69, 9.17) is 11.6 Å². The molecule has 4 nitrogen and oxygen atoms in total. The molecule has 16 heavy (non-hydrogen) atoms. The molecule has 1 aromatic heterocycles. The Kier molecular flexibility index (Phi) is 3.61. The Labute approximate surface area is 101 Å². The molecule has 0 bridgehead atoms. The fourth-order valence-corrected chi connectivity index (χ4v) is 2.29. The summed E-state index contributed by atoms with van der Waals surface area (Å²) in [6.45, 7) is 5.15. The molecule has 88 valence electrons. The predicted molar refractivity (Wildman–Crippen MR) is 65.9 cm³/mol. The van der Waals surface area contributed by atoms with Gasteiger partial charge in [-0.3, -0.25) is 0 Å². The van der Waals surface area contributed by atoms with Crippen molar-refractivity contribution in [3.05, 3.63) is 17.0 Å². The SMILES string of the molecule is Cc1nc(Cl)cc(NCC2CCN(C)C2)n1. The van der Waals surface area contributed by atoms with E-state index < -0.39 is 0 Å². The number of likely N-dealkylation sites (tertiary alicyclic amines) is 1. The average molecular weight is 241 g/mol. The van der Waals surface area contributed by atoms with Crippen LogP contribution in [0.1, 0.15) is 12.2 Å². The van der Waals surface area contributed by atoms with Crippen LogP contribution >= 0.6 is 11.6 Å². The van der Waals surface area contributed by atoms with Crippen LogP contribution in [0.4, 0.5) is 5.82 Å². The summed E-state index contributed by atoms with van der Waals surface area (Å²) in [5.74, 6) is 2.24.